The summed E-state index contributed by atoms with van der Waals surface area (Å²) in [5, 5.41) is 16.2. The van der Waals surface area contributed by atoms with Crippen molar-refractivity contribution in [2.45, 2.75) is 13.5 Å². The van der Waals surface area contributed by atoms with E-state index in [1.165, 1.54) is 19.1 Å². The first-order valence-corrected chi connectivity index (χ1v) is 8.51. The minimum atomic E-state index is -0.449. The van der Waals surface area contributed by atoms with Crippen molar-refractivity contribution in [1.82, 2.24) is 15.5 Å². The maximum atomic E-state index is 13.6. The monoisotopic (exact) mass is 379 g/mol. The molecule has 3 rings (SSSR count). The van der Waals surface area contributed by atoms with E-state index in [4.69, 9.17) is 0 Å². The van der Waals surface area contributed by atoms with Crippen LogP contribution in [0.15, 0.2) is 60.7 Å². The Morgan fingerprint density at radius 2 is 1.75 bits per heavy atom. The van der Waals surface area contributed by atoms with E-state index in [0.717, 1.165) is 0 Å². The fourth-order valence-corrected chi connectivity index (χ4v) is 2.45. The van der Waals surface area contributed by atoms with E-state index in [1.807, 2.05) is 6.07 Å². The minimum absolute atomic E-state index is 0.0587. The van der Waals surface area contributed by atoms with Crippen molar-refractivity contribution in [1.29, 1.82) is 0 Å². The van der Waals surface area contributed by atoms with E-state index in [2.05, 4.69) is 26.1 Å². The highest BCUT2D eigenvalue weighted by Gasteiger charge is 2.09. The molecule has 0 aliphatic carbocycles. The molecule has 0 atom stereocenters. The van der Waals surface area contributed by atoms with E-state index in [0.29, 0.717) is 22.8 Å². The number of aromatic nitrogens is 2. The molecule has 2 amide bonds. The molecule has 1 heterocycles. The largest absolute Gasteiger partial charge is 0.346 e. The lowest BCUT2D eigenvalue weighted by atomic mass is 10.2. The Morgan fingerprint density at radius 3 is 2.46 bits per heavy atom. The molecule has 0 bridgehead atoms. The molecule has 0 saturated heterocycles. The Bertz CT molecular complexity index is 992. The molecular formula is C20H18FN5O2. The van der Waals surface area contributed by atoms with Gasteiger partial charge in [0.15, 0.2) is 11.5 Å². The summed E-state index contributed by atoms with van der Waals surface area (Å²) in [4.78, 5) is 23.3. The van der Waals surface area contributed by atoms with Gasteiger partial charge in [0, 0.05) is 30.4 Å². The van der Waals surface area contributed by atoms with Crippen molar-refractivity contribution < 1.29 is 14.0 Å². The summed E-state index contributed by atoms with van der Waals surface area (Å²) in [6.07, 6.45) is 0. The van der Waals surface area contributed by atoms with Crippen LogP contribution in [0.3, 0.4) is 0 Å². The second-order valence-corrected chi connectivity index (χ2v) is 5.96. The summed E-state index contributed by atoms with van der Waals surface area (Å²) in [7, 11) is 0. The third-order valence-electron chi connectivity index (χ3n) is 3.75. The normalized spacial score (nSPS) is 10.2. The predicted octanol–water partition coefficient (Wildman–Crippen LogP) is 3.25. The fourth-order valence-electron chi connectivity index (χ4n) is 2.45. The third-order valence-corrected chi connectivity index (χ3v) is 3.75. The molecule has 0 aliphatic heterocycles. The molecule has 142 valence electrons. The van der Waals surface area contributed by atoms with Crippen molar-refractivity contribution in [3.8, 4) is 0 Å². The van der Waals surface area contributed by atoms with Gasteiger partial charge in [-0.15, -0.1) is 10.2 Å². The van der Waals surface area contributed by atoms with Gasteiger partial charge in [-0.2, -0.15) is 0 Å². The molecule has 8 heteroatoms. The van der Waals surface area contributed by atoms with Gasteiger partial charge in [0.2, 0.25) is 5.91 Å². The molecule has 3 N–H and O–H groups in total. The molecule has 0 spiro atoms. The molecular weight excluding hydrogens is 361 g/mol. The van der Waals surface area contributed by atoms with Crippen LogP contribution in [0.5, 0.6) is 0 Å². The highest BCUT2D eigenvalue weighted by atomic mass is 19.1. The van der Waals surface area contributed by atoms with E-state index in [-0.39, 0.29) is 24.0 Å². The zero-order valence-corrected chi connectivity index (χ0v) is 15.1. The molecule has 28 heavy (non-hydrogen) atoms. The number of hydrogen-bond acceptors (Lipinski definition) is 5. The second kappa shape index (κ2) is 8.72. The lowest BCUT2D eigenvalue weighted by Crippen LogP contribution is -2.24. The van der Waals surface area contributed by atoms with Gasteiger partial charge in [-0.3, -0.25) is 9.59 Å². The van der Waals surface area contributed by atoms with Crippen LogP contribution in [-0.2, 0) is 11.3 Å². The Hall–Kier alpha value is -3.81. The Kier molecular flexibility index (Phi) is 5.91. The maximum Gasteiger partial charge on any atom is 0.272 e. The molecule has 0 unspecified atom stereocenters. The van der Waals surface area contributed by atoms with Gasteiger partial charge >= 0.3 is 0 Å². The molecule has 1 aromatic heterocycles. The van der Waals surface area contributed by atoms with Crippen LogP contribution in [0.4, 0.5) is 21.6 Å². The molecule has 7 nitrogen and oxygen atoms in total. The van der Waals surface area contributed by atoms with Crippen LogP contribution in [-0.4, -0.2) is 22.0 Å². The summed E-state index contributed by atoms with van der Waals surface area (Å²) in [5.74, 6) is -0.557. The van der Waals surface area contributed by atoms with Crippen molar-refractivity contribution in [3.63, 3.8) is 0 Å². The number of rotatable bonds is 6. The van der Waals surface area contributed by atoms with Crippen molar-refractivity contribution in [2.75, 3.05) is 10.6 Å². The van der Waals surface area contributed by atoms with Gasteiger partial charge < -0.3 is 16.0 Å². The zero-order chi connectivity index (χ0) is 19.9. The van der Waals surface area contributed by atoms with Gasteiger partial charge in [-0.1, -0.05) is 24.3 Å². The zero-order valence-electron chi connectivity index (χ0n) is 15.1. The number of benzene rings is 2. The number of carbonyl (C=O) groups excluding carboxylic acids is 2. The van der Waals surface area contributed by atoms with Crippen LogP contribution >= 0.6 is 0 Å². The second-order valence-electron chi connectivity index (χ2n) is 5.96. The first-order chi connectivity index (χ1) is 13.5. The Balaban J connectivity index is 1.61. The van der Waals surface area contributed by atoms with Gasteiger partial charge in [-0.05, 0) is 36.4 Å². The van der Waals surface area contributed by atoms with Gasteiger partial charge in [0.1, 0.15) is 5.82 Å². The third kappa shape index (κ3) is 5.10. The van der Waals surface area contributed by atoms with Crippen LogP contribution in [0.1, 0.15) is 23.0 Å². The van der Waals surface area contributed by atoms with Crippen molar-refractivity contribution in [2.24, 2.45) is 0 Å². The summed E-state index contributed by atoms with van der Waals surface area (Å²) < 4.78 is 13.6. The molecule has 0 fully saturated rings. The fraction of sp³-hybridized carbons (Fsp3) is 0.100. The summed E-state index contributed by atoms with van der Waals surface area (Å²) >= 11 is 0. The molecule has 0 aliphatic rings. The topological polar surface area (TPSA) is 96.0 Å². The van der Waals surface area contributed by atoms with Crippen LogP contribution < -0.4 is 16.0 Å². The molecule has 3 aromatic rings. The molecule has 0 saturated carbocycles. The average Bonchev–Trinajstić information content (AvgIpc) is 2.67. The van der Waals surface area contributed by atoms with Gasteiger partial charge in [0.25, 0.3) is 5.91 Å². The predicted molar refractivity (Wildman–Crippen MR) is 104 cm³/mol. The number of nitrogens with one attached hydrogen (secondary N) is 3. The standard InChI is InChI=1S/C20H18FN5O2/c1-13(27)23-15-6-4-7-16(11-15)24-19-10-9-18(25-26-19)20(28)22-12-14-5-2-3-8-17(14)21/h2-11H,12H2,1H3,(H,22,28)(H,23,27)(H,24,26). The van der Waals surface area contributed by atoms with Crippen LogP contribution in [0, 0.1) is 5.82 Å². The van der Waals surface area contributed by atoms with E-state index >= 15 is 0 Å². The SMILES string of the molecule is CC(=O)Nc1cccc(Nc2ccc(C(=O)NCc3ccccc3F)nn2)c1. The van der Waals surface area contributed by atoms with Crippen LogP contribution in [0.2, 0.25) is 0 Å². The highest BCUT2D eigenvalue weighted by Crippen LogP contribution is 2.18. The molecule has 2 aromatic carbocycles. The quantitative estimate of drug-likeness (QED) is 0.611. The first-order valence-electron chi connectivity index (χ1n) is 8.51. The van der Waals surface area contributed by atoms with Crippen molar-refractivity contribution in [3.05, 3.63) is 77.7 Å². The minimum Gasteiger partial charge on any atom is -0.346 e. The van der Waals surface area contributed by atoms with E-state index < -0.39 is 5.91 Å². The lowest BCUT2D eigenvalue weighted by Gasteiger charge is -2.08. The number of hydrogen-bond donors (Lipinski definition) is 3. The Labute approximate surface area is 161 Å². The lowest BCUT2D eigenvalue weighted by molar-refractivity contribution is -0.114. The van der Waals surface area contributed by atoms with Gasteiger partial charge in [-0.25, -0.2) is 4.39 Å². The first kappa shape index (κ1) is 19.0. The highest BCUT2D eigenvalue weighted by molar-refractivity contribution is 5.92. The smallest absolute Gasteiger partial charge is 0.272 e. The summed E-state index contributed by atoms with van der Waals surface area (Å²) in [5.41, 5.74) is 1.86. The van der Waals surface area contributed by atoms with E-state index in [1.54, 1.807) is 42.5 Å². The van der Waals surface area contributed by atoms with E-state index in [9.17, 15) is 14.0 Å². The molecule has 0 radical (unpaired) electrons. The maximum absolute atomic E-state index is 13.6. The number of halogens is 1. The number of anilines is 3. The van der Waals surface area contributed by atoms with Gasteiger partial charge in [0.05, 0.1) is 0 Å². The number of carbonyl (C=O) groups is 2. The van der Waals surface area contributed by atoms with Crippen molar-refractivity contribution >= 4 is 29.0 Å². The summed E-state index contributed by atoms with van der Waals surface area (Å²) in [6.45, 7) is 1.49. The average molecular weight is 379 g/mol. The summed E-state index contributed by atoms with van der Waals surface area (Å²) in [6, 6.07) is 16.5. The number of nitrogens with zero attached hydrogens (tertiary/aromatic N) is 2. The van der Waals surface area contributed by atoms with Crippen LogP contribution in [0.25, 0.3) is 0 Å². The number of amides is 2. The Morgan fingerprint density at radius 1 is 0.964 bits per heavy atom.